The number of likely N-dealkylation sites (N-methyl/N-ethyl adjacent to an activating group) is 1. The molecular formula is C28H59NO4P+. The van der Waals surface area contributed by atoms with Crippen molar-refractivity contribution in [1.29, 1.82) is 0 Å². The summed E-state index contributed by atoms with van der Waals surface area (Å²) in [6, 6.07) is 0.640. The fraction of sp³-hybridized carbons (Fsp3) is 1.00. The molecule has 0 bridgehead atoms. The van der Waals surface area contributed by atoms with Gasteiger partial charge in [-0.2, -0.15) is 0 Å². The fourth-order valence-electron chi connectivity index (χ4n) is 5.22. The van der Waals surface area contributed by atoms with Crippen LogP contribution in [0.4, 0.5) is 0 Å². The molecule has 6 heteroatoms. The monoisotopic (exact) mass is 504 g/mol. The topological polar surface area (TPSA) is 55.8 Å². The summed E-state index contributed by atoms with van der Waals surface area (Å²) < 4.78 is 23.4. The molecule has 0 amide bonds. The molecule has 0 aromatic rings. The van der Waals surface area contributed by atoms with Gasteiger partial charge in [-0.1, -0.05) is 110 Å². The van der Waals surface area contributed by atoms with Gasteiger partial charge >= 0.3 is 7.82 Å². The smallest absolute Gasteiger partial charge is 0.324 e. The van der Waals surface area contributed by atoms with Crippen molar-refractivity contribution in [3.8, 4) is 0 Å². The van der Waals surface area contributed by atoms with Gasteiger partial charge in [-0.05, 0) is 32.1 Å². The lowest BCUT2D eigenvalue weighted by atomic mass is 9.93. The number of unbranched alkanes of at least 4 members (excludes halogenated alkanes) is 15. The number of hydrogen-bond donors (Lipinski definition) is 1. The van der Waals surface area contributed by atoms with Gasteiger partial charge in [0.1, 0.15) is 13.2 Å². The van der Waals surface area contributed by atoms with Crippen molar-refractivity contribution in [1.82, 2.24) is 0 Å². The Morgan fingerprint density at radius 2 is 1.09 bits per heavy atom. The third-order valence-electron chi connectivity index (χ3n) is 7.74. The number of nitrogens with zero attached hydrogens (tertiary/aromatic N) is 1. The zero-order valence-electron chi connectivity index (χ0n) is 23.1. The van der Waals surface area contributed by atoms with E-state index >= 15 is 0 Å². The molecule has 0 spiro atoms. The third-order valence-corrected chi connectivity index (χ3v) is 8.76. The van der Waals surface area contributed by atoms with Crippen molar-refractivity contribution < 1.29 is 23.0 Å². The summed E-state index contributed by atoms with van der Waals surface area (Å²) in [6.07, 6.45) is 27.5. The molecule has 1 aliphatic rings. The summed E-state index contributed by atoms with van der Waals surface area (Å²) in [5.41, 5.74) is 0. The maximum Gasteiger partial charge on any atom is 0.472 e. The van der Waals surface area contributed by atoms with E-state index in [9.17, 15) is 9.46 Å². The van der Waals surface area contributed by atoms with E-state index in [-0.39, 0.29) is 6.61 Å². The number of phosphoric acid groups is 1. The summed E-state index contributed by atoms with van der Waals surface area (Å²) in [7, 11) is 0.496. The summed E-state index contributed by atoms with van der Waals surface area (Å²) in [5.74, 6) is 0. The van der Waals surface area contributed by atoms with Crippen LogP contribution in [0, 0.1) is 0 Å². The van der Waals surface area contributed by atoms with E-state index in [2.05, 4.69) is 21.0 Å². The van der Waals surface area contributed by atoms with Crippen molar-refractivity contribution in [2.75, 3.05) is 33.9 Å². The Labute approximate surface area is 212 Å². The Balaban J connectivity index is 1.88. The van der Waals surface area contributed by atoms with Crippen LogP contribution in [-0.2, 0) is 13.6 Å². The molecule has 0 radical (unpaired) electrons. The fourth-order valence-corrected chi connectivity index (χ4v) is 5.97. The van der Waals surface area contributed by atoms with E-state index in [1.165, 1.54) is 122 Å². The van der Waals surface area contributed by atoms with Gasteiger partial charge in [0.2, 0.25) is 0 Å². The predicted molar refractivity (Wildman–Crippen MR) is 145 cm³/mol. The Kier molecular flexibility index (Phi) is 19.0. The van der Waals surface area contributed by atoms with Crippen LogP contribution >= 0.6 is 7.82 Å². The van der Waals surface area contributed by atoms with Crippen LogP contribution in [0.25, 0.3) is 0 Å². The van der Waals surface area contributed by atoms with Crippen molar-refractivity contribution in [2.45, 2.75) is 148 Å². The minimum absolute atomic E-state index is 0.274. The van der Waals surface area contributed by atoms with Crippen molar-refractivity contribution >= 4 is 7.82 Å². The zero-order valence-corrected chi connectivity index (χ0v) is 24.0. The van der Waals surface area contributed by atoms with Gasteiger partial charge in [0.15, 0.2) is 0 Å². The lowest BCUT2D eigenvalue weighted by molar-refractivity contribution is -0.916. The molecule has 1 atom stereocenters. The van der Waals surface area contributed by atoms with Crippen LogP contribution in [0.3, 0.4) is 0 Å². The molecule has 1 saturated carbocycles. The zero-order chi connectivity index (χ0) is 25.0. The molecule has 1 unspecified atom stereocenters. The van der Waals surface area contributed by atoms with Gasteiger partial charge in [0, 0.05) is 0 Å². The molecule has 0 aromatic heterocycles. The van der Waals surface area contributed by atoms with Gasteiger partial charge < -0.3 is 9.38 Å². The molecule has 0 heterocycles. The van der Waals surface area contributed by atoms with Gasteiger partial charge in [-0.15, -0.1) is 0 Å². The first-order valence-corrected chi connectivity index (χ1v) is 16.3. The first-order valence-electron chi connectivity index (χ1n) is 14.8. The maximum atomic E-state index is 12.1. The van der Waals surface area contributed by atoms with Gasteiger partial charge in [-0.25, -0.2) is 4.57 Å². The second-order valence-corrected chi connectivity index (χ2v) is 12.7. The minimum Gasteiger partial charge on any atom is -0.324 e. The minimum atomic E-state index is -3.92. The highest BCUT2D eigenvalue weighted by molar-refractivity contribution is 7.47. The number of quaternary nitrogens is 1. The van der Waals surface area contributed by atoms with Crippen LogP contribution in [-0.4, -0.2) is 49.3 Å². The quantitative estimate of drug-likeness (QED) is 0.0858. The summed E-state index contributed by atoms with van der Waals surface area (Å²) >= 11 is 0. The normalized spacial score (nSPS) is 17.2. The molecule has 1 rings (SSSR count). The van der Waals surface area contributed by atoms with Crippen molar-refractivity contribution in [3.05, 3.63) is 0 Å². The average molecular weight is 505 g/mol. The SMILES string of the molecule is CCCCCCCCCCCCCCCCCCOP(=O)(O)OCC[N+](C)(C)C1CCCCC1. The lowest BCUT2D eigenvalue weighted by Gasteiger charge is -2.40. The molecular weight excluding hydrogens is 445 g/mol. The van der Waals surface area contributed by atoms with Gasteiger partial charge in [0.05, 0.1) is 26.7 Å². The maximum absolute atomic E-state index is 12.1. The van der Waals surface area contributed by atoms with Crippen molar-refractivity contribution in [3.63, 3.8) is 0 Å². The highest BCUT2D eigenvalue weighted by Crippen LogP contribution is 2.43. The van der Waals surface area contributed by atoms with E-state index in [1.54, 1.807) is 0 Å². The lowest BCUT2D eigenvalue weighted by Crippen LogP contribution is -2.51. The molecule has 0 aromatic carbocycles. The van der Waals surface area contributed by atoms with Crippen LogP contribution in [0.1, 0.15) is 142 Å². The molecule has 5 nitrogen and oxygen atoms in total. The average Bonchev–Trinajstić information content (AvgIpc) is 2.81. The molecule has 204 valence electrons. The summed E-state index contributed by atoms with van der Waals surface area (Å²) in [6.45, 7) is 3.61. The Hall–Kier alpha value is 0.0700. The first-order chi connectivity index (χ1) is 16.4. The highest BCUT2D eigenvalue weighted by Gasteiger charge is 2.30. The molecule has 1 aliphatic carbocycles. The number of phosphoric ester groups is 1. The Bertz CT molecular complexity index is 509. The van der Waals surface area contributed by atoms with Crippen LogP contribution < -0.4 is 0 Å². The molecule has 1 fully saturated rings. The second-order valence-electron chi connectivity index (χ2n) is 11.2. The van der Waals surface area contributed by atoms with Gasteiger partial charge in [0.25, 0.3) is 0 Å². The highest BCUT2D eigenvalue weighted by atomic mass is 31.2. The standard InChI is InChI=1S/C28H58NO4P/c1-4-5-6-7-8-9-10-11-12-13-14-15-16-17-18-22-26-32-34(30,31)33-27-25-29(2,3)28-23-20-19-21-24-28/h28H,4-27H2,1-3H3/p+1. The summed E-state index contributed by atoms with van der Waals surface area (Å²) in [5, 5.41) is 0. The molecule has 0 saturated heterocycles. The second kappa shape index (κ2) is 20.2. The predicted octanol–water partition coefficient (Wildman–Crippen LogP) is 8.79. The molecule has 1 N–H and O–H groups in total. The Morgan fingerprint density at radius 3 is 1.56 bits per heavy atom. The number of rotatable bonds is 23. The Morgan fingerprint density at radius 1 is 0.676 bits per heavy atom. The van der Waals surface area contributed by atoms with E-state index in [1.807, 2.05) is 0 Å². The van der Waals surface area contributed by atoms with E-state index in [0.29, 0.717) is 12.6 Å². The molecule has 0 aliphatic heterocycles. The first kappa shape index (κ1) is 32.1. The van der Waals surface area contributed by atoms with Crippen LogP contribution in [0.2, 0.25) is 0 Å². The summed E-state index contributed by atoms with van der Waals surface area (Å²) in [4.78, 5) is 9.95. The largest absolute Gasteiger partial charge is 0.472 e. The van der Waals surface area contributed by atoms with Crippen LogP contribution in [0.5, 0.6) is 0 Å². The molecule has 34 heavy (non-hydrogen) atoms. The third kappa shape index (κ3) is 17.5. The van der Waals surface area contributed by atoms with E-state index in [4.69, 9.17) is 9.05 Å². The van der Waals surface area contributed by atoms with Crippen LogP contribution in [0.15, 0.2) is 0 Å². The number of hydrogen-bond acceptors (Lipinski definition) is 3. The van der Waals surface area contributed by atoms with Gasteiger partial charge in [-0.3, -0.25) is 9.05 Å². The van der Waals surface area contributed by atoms with E-state index < -0.39 is 7.82 Å². The van der Waals surface area contributed by atoms with Crippen molar-refractivity contribution in [2.24, 2.45) is 0 Å². The van der Waals surface area contributed by atoms with E-state index in [0.717, 1.165) is 23.9 Å².